The number of phenols is 3. The predicted octanol–water partition coefficient (Wildman–Crippen LogP) is 5.55. The molecule has 0 saturated carbocycles. The van der Waals surface area contributed by atoms with Crippen molar-refractivity contribution in [1.82, 2.24) is 10.2 Å². The number of nitrogens with zero attached hydrogens (tertiary/aromatic N) is 1. The summed E-state index contributed by atoms with van der Waals surface area (Å²) in [7, 11) is 0. The maximum absolute atomic E-state index is 10.1. The molecule has 0 spiro atoms. The van der Waals surface area contributed by atoms with Gasteiger partial charge >= 0.3 is 0 Å². The summed E-state index contributed by atoms with van der Waals surface area (Å²) in [6.45, 7) is 6.57. The van der Waals surface area contributed by atoms with Gasteiger partial charge in [-0.25, -0.2) is 0 Å². The van der Waals surface area contributed by atoms with Crippen LogP contribution in [0.3, 0.4) is 0 Å². The molecule has 0 fully saturated rings. The van der Waals surface area contributed by atoms with E-state index in [-0.39, 0.29) is 11.5 Å². The zero-order valence-corrected chi connectivity index (χ0v) is 20.9. The second-order valence-corrected chi connectivity index (χ2v) is 9.79. The van der Waals surface area contributed by atoms with Crippen molar-refractivity contribution in [3.05, 3.63) is 53.1 Å². The molecule has 1 atom stereocenters. The first-order valence-corrected chi connectivity index (χ1v) is 13.3. The summed E-state index contributed by atoms with van der Waals surface area (Å²) in [4.78, 5) is 2.70. The van der Waals surface area contributed by atoms with Gasteiger partial charge in [-0.3, -0.25) is 0 Å². The molecule has 34 heavy (non-hydrogen) atoms. The summed E-state index contributed by atoms with van der Waals surface area (Å²) in [5.74, 6) is 0.376. The van der Waals surface area contributed by atoms with Gasteiger partial charge in [0, 0.05) is 6.04 Å². The van der Waals surface area contributed by atoms with E-state index in [0.29, 0.717) is 11.8 Å². The Balaban J connectivity index is 1.22. The molecule has 0 heterocycles. The van der Waals surface area contributed by atoms with Crippen LogP contribution in [-0.4, -0.2) is 52.4 Å². The number of benzene rings is 2. The van der Waals surface area contributed by atoms with E-state index in [1.165, 1.54) is 69.2 Å². The van der Waals surface area contributed by atoms with Crippen molar-refractivity contribution < 1.29 is 15.3 Å². The first-order chi connectivity index (χ1) is 16.6. The van der Waals surface area contributed by atoms with E-state index in [0.717, 1.165) is 44.3 Å². The van der Waals surface area contributed by atoms with E-state index < -0.39 is 0 Å². The van der Waals surface area contributed by atoms with Crippen molar-refractivity contribution in [3.63, 3.8) is 0 Å². The number of hydrogen-bond donors (Lipinski definition) is 4. The smallest absolute Gasteiger partial charge is 0.157 e. The van der Waals surface area contributed by atoms with Crippen LogP contribution in [0.25, 0.3) is 0 Å². The lowest BCUT2D eigenvalue weighted by Gasteiger charge is -2.35. The van der Waals surface area contributed by atoms with Gasteiger partial charge in [0.1, 0.15) is 5.75 Å². The second-order valence-electron chi connectivity index (χ2n) is 9.79. The Bertz CT molecular complexity index is 870. The quantitative estimate of drug-likeness (QED) is 0.204. The summed E-state index contributed by atoms with van der Waals surface area (Å²) >= 11 is 0. The maximum atomic E-state index is 10.1. The van der Waals surface area contributed by atoms with E-state index in [2.05, 4.69) is 23.2 Å². The maximum Gasteiger partial charge on any atom is 0.157 e. The molecule has 1 aliphatic rings. The molecule has 1 unspecified atom stereocenters. The fourth-order valence-electron chi connectivity index (χ4n) is 5.20. The van der Waals surface area contributed by atoms with E-state index in [4.69, 9.17) is 0 Å². The third kappa shape index (κ3) is 8.21. The Morgan fingerprint density at radius 2 is 1.65 bits per heavy atom. The first-order valence-electron chi connectivity index (χ1n) is 13.3. The van der Waals surface area contributed by atoms with Gasteiger partial charge in [0.05, 0.1) is 0 Å². The topological polar surface area (TPSA) is 76.0 Å². The van der Waals surface area contributed by atoms with Crippen molar-refractivity contribution in [1.29, 1.82) is 0 Å². The molecule has 1 aliphatic carbocycles. The SMILES string of the molecule is CCCN(CCCCCCCCNCCc1ccc(O)c(O)c1)C1CCc2c(O)cccc2C1. The van der Waals surface area contributed by atoms with Crippen molar-refractivity contribution in [2.24, 2.45) is 0 Å². The van der Waals surface area contributed by atoms with Crippen molar-refractivity contribution in [2.75, 3.05) is 26.2 Å². The summed E-state index contributed by atoms with van der Waals surface area (Å²) in [5.41, 5.74) is 3.55. The zero-order chi connectivity index (χ0) is 24.2. The Kier molecular flexibility index (Phi) is 11.0. The van der Waals surface area contributed by atoms with Gasteiger partial charge < -0.3 is 25.5 Å². The van der Waals surface area contributed by atoms with Crippen LogP contribution in [0.15, 0.2) is 36.4 Å². The summed E-state index contributed by atoms with van der Waals surface area (Å²) in [5, 5.41) is 32.5. The molecule has 4 N–H and O–H groups in total. The minimum atomic E-state index is -0.0595. The molecule has 0 aliphatic heterocycles. The van der Waals surface area contributed by atoms with Gasteiger partial charge in [0.25, 0.3) is 0 Å². The van der Waals surface area contributed by atoms with Crippen LogP contribution in [0.5, 0.6) is 17.2 Å². The highest BCUT2D eigenvalue weighted by molar-refractivity contribution is 5.41. The summed E-state index contributed by atoms with van der Waals surface area (Å²) in [6.07, 6.45) is 13.0. The van der Waals surface area contributed by atoms with Gasteiger partial charge in [0.2, 0.25) is 0 Å². The highest BCUT2D eigenvalue weighted by Gasteiger charge is 2.24. The fraction of sp³-hybridized carbons (Fsp3) is 0.586. The second kappa shape index (κ2) is 14.2. The number of rotatable bonds is 15. The number of hydrogen-bond acceptors (Lipinski definition) is 5. The van der Waals surface area contributed by atoms with Crippen LogP contribution in [-0.2, 0) is 19.3 Å². The van der Waals surface area contributed by atoms with Gasteiger partial charge in [-0.2, -0.15) is 0 Å². The van der Waals surface area contributed by atoms with Gasteiger partial charge in [-0.15, -0.1) is 0 Å². The van der Waals surface area contributed by atoms with E-state index >= 15 is 0 Å². The summed E-state index contributed by atoms with van der Waals surface area (Å²) in [6, 6.07) is 11.7. The van der Waals surface area contributed by atoms with Crippen LogP contribution in [0, 0.1) is 0 Å². The minimum Gasteiger partial charge on any atom is -0.508 e. The number of nitrogens with one attached hydrogen (secondary N) is 1. The Labute approximate surface area is 205 Å². The standard InChI is InChI=1S/C29H44N2O3/c1-2-19-31(25-13-14-26-24(22-25)10-9-11-27(26)32)20-8-6-4-3-5-7-17-30-18-16-23-12-15-28(33)29(34)21-23/h9-12,15,21,25,30,32-34H,2-8,13-14,16-20,22H2,1H3. The number of unbranched alkanes of at least 4 members (excludes halogenated alkanes) is 5. The summed E-state index contributed by atoms with van der Waals surface area (Å²) < 4.78 is 0. The molecule has 3 rings (SSSR count). The molecule has 0 saturated heterocycles. The lowest BCUT2D eigenvalue weighted by molar-refractivity contribution is 0.175. The normalized spacial score (nSPS) is 15.5. The zero-order valence-electron chi connectivity index (χ0n) is 20.9. The lowest BCUT2D eigenvalue weighted by Crippen LogP contribution is -2.40. The largest absolute Gasteiger partial charge is 0.508 e. The Hall–Kier alpha value is -2.24. The molecule has 0 amide bonds. The number of phenolic OH excluding ortho intramolecular Hbond substituents is 3. The fourth-order valence-corrected chi connectivity index (χ4v) is 5.20. The Morgan fingerprint density at radius 1 is 0.853 bits per heavy atom. The van der Waals surface area contributed by atoms with Crippen LogP contribution in [0.2, 0.25) is 0 Å². The van der Waals surface area contributed by atoms with Gasteiger partial charge in [-0.1, -0.05) is 50.8 Å². The van der Waals surface area contributed by atoms with Crippen LogP contribution >= 0.6 is 0 Å². The molecule has 5 nitrogen and oxygen atoms in total. The number of aromatic hydroxyl groups is 3. The third-order valence-electron chi connectivity index (χ3n) is 7.14. The highest BCUT2D eigenvalue weighted by atomic mass is 16.3. The van der Waals surface area contributed by atoms with Crippen LogP contribution in [0.4, 0.5) is 0 Å². The minimum absolute atomic E-state index is 0.0420. The highest BCUT2D eigenvalue weighted by Crippen LogP contribution is 2.31. The van der Waals surface area contributed by atoms with E-state index in [1.54, 1.807) is 12.1 Å². The molecule has 2 aromatic rings. The molecule has 0 bridgehead atoms. The van der Waals surface area contributed by atoms with Crippen molar-refractivity contribution in [3.8, 4) is 17.2 Å². The molecular weight excluding hydrogens is 424 g/mol. The van der Waals surface area contributed by atoms with Crippen LogP contribution < -0.4 is 5.32 Å². The van der Waals surface area contributed by atoms with Crippen molar-refractivity contribution >= 4 is 0 Å². The first kappa shape index (κ1) is 26.4. The molecule has 5 heteroatoms. The third-order valence-corrected chi connectivity index (χ3v) is 7.14. The van der Waals surface area contributed by atoms with Crippen LogP contribution in [0.1, 0.15) is 75.0 Å². The molecule has 0 aromatic heterocycles. The van der Waals surface area contributed by atoms with Gasteiger partial charge in [0.15, 0.2) is 11.5 Å². The lowest BCUT2D eigenvalue weighted by atomic mass is 9.86. The van der Waals surface area contributed by atoms with Crippen molar-refractivity contribution in [2.45, 2.75) is 83.6 Å². The van der Waals surface area contributed by atoms with Gasteiger partial charge in [-0.05, 0) is 106 Å². The molecule has 0 radical (unpaired) electrons. The number of fused-ring (bicyclic) bond motifs is 1. The molecule has 188 valence electrons. The average molecular weight is 469 g/mol. The molecule has 2 aromatic carbocycles. The van der Waals surface area contributed by atoms with E-state index in [1.807, 2.05) is 18.2 Å². The Morgan fingerprint density at radius 3 is 2.44 bits per heavy atom. The molecular formula is C29H44N2O3. The monoisotopic (exact) mass is 468 g/mol. The predicted molar refractivity (Wildman–Crippen MR) is 140 cm³/mol. The average Bonchev–Trinajstić information content (AvgIpc) is 2.84. The van der Waals surface area contributed by atoms with E-state index in [9.17, 15) is 15.3 Å².